The van der Waals surface area contributed by atoms with Crippen LogP contribution in [0.3, 0.4) is 0 Å². The second kappa shape index (κ2) is 8.59. The monoisotopic (exact) mass is 395 g/mol. The molecule has 0 spiro atoms. The topological polar surface area (TPSA) is 61.1 Å². The number of nitriles is 1. The molecule has 0 unspecified atom stereocenters. The molecule has 0 aromatic carbocycles. The summed E-state index contributed by atoms with van der Waals surface area (Å²) in [5.74, 6) is -1.21. The molecule has 0 radical (unpaired) electrons. The van der Waals surface area contributed by atoms with Gasteiger partial charge in [0.15, 0.2) is 0 Å². The molecule has 26 heavy (non-hydrogen) atoms. The Morgan fingerprint density at radius 2 is 1.42 bits per heavy atom. The van der Waals surface area contributed by atoms with Gasteiger partial charge in [0.1, 0.15) is 11.6 Å². The molecule has 0 aliphatic heterocycles. The molecule has 3 nitrogen and oxygen atoms in total. The van der Waals surface area contributed by atoms with Crippen LogP contribution in [-0.4, -0.2) is 11.1 Å². The van der Waals surface area contributed by atoms with Gasteiger partial charge < -0.3 is 5.11 Å². The standard InChI is InChI=1S/C20H13NO2S3/c21-13-14(20(22)23)12-19-10-9-18(26-19)8-7-17-6-5-16(25-17)4-3-15-2-1-11-24-15/h1-12H,(H,22,23)/b4-3+,8-7+,14-12+. The predicted molar refractivity (Wildman–Crippen MR) is 112 cm³/mol. The number of carbonyl (C=O) groups is 1. The van der Waals surface area contributed by atoms with Crippen LogP contribution in [0.1, 0.15) is 24.4 Å². The van der Waals surface area contributed by atoms with Gasteiger partial charge in [-0.25, -0.2) is 4.79 Å². The zero-order valence-corrected chi connectivity index (χ0v) is 15.9. The third-order valence-corrected chi connectivity index (χ3v) is 6.15. The fraction of sp³-hybridized carbons (Fsp3) is 0. The Morgan fingerprint density at radius 1 is 0.885 bits per heavy atom. The highest BCUT2D eigenvalue weighted by molar-refractivity contribution is 7.14. The summed E-state index contributed by atoms with van der Waals surface area (Å²) in [5.41, 5.74) is -0.261. The van der Waals surface area contributed by atoms with Crippen LogP contribution in [-0.2, 0) is 4.79 Å². The minimum absolute atomic E-state index is 0.261. The minimum atomic E-state index is -1.21. The zero-order chi connectivity index (χ0) is 18.4. The van der Waals surface area contributed by atoms with E-state index < -0.39 is 5.97 Å². The van der Waals surface area contributed by atoms with Gasteiger partial charge in [0.2, 0.25) is 0 Å². The van der Waals surface area contributed by atoms with Crippen LogP contribution in [0.2, 0.25) is 0 Å². The Morgan fingerprint density at radius 3 is 1.92 bits per heavy atom. The number of rotatable bonds is 6. The Kier molecular flexibility index (Phi) is 5.97. The van der Waals surface area contributed by atoms with E-state index in [1.807, 2.05) is 30.4 Å². The van der Waals surface area contributed by atoms with Crippen molar-refractivity contribution in [2.45, 2.75) is 0 Å². The van der Waals surface area contributed by atoms with Crippen LogP contribution in [0.4, 0.5) is 0 Å². The molecule has 3 rings (SSSR count). The van der Waals surface area contributed by atoms with Crippen molar-refractivity contribution in [3.8, 4) is 6.07 Å². The molecular weight excluding hydrogens is 382 g/mol. The van der Waals surface area contributed by atoms with E-state index in [0.717, 1.165) is 14.6 Å². The van der Waals surface area contributed by atoms with Crippen molar-refractivity contribution in [1.29, 1.82) is 5.26 Å². The first-order valence-corrected chi connectivity index (χ1v) is 10.1. The first kappa shape index (κ1) is 18.1. The fourth-order valence-corrected chi connectivity index (χ4v) is 4.37. The van der Waals surface area contributed by atoms with Crippen molar-refractivity contribution in [1.82, 2.24) is 0 Å². The smallest absolute Gasteiger partial charge is 0.346 e. The third-order valence-electron chi connectivity index (χ3n) is 3.30. The minimum Gasteiger partial charge on any atom is -0.477 e. The number of hydrogen-bond donors (Lipinski definition) is 1. The molecule has 0 fully saturated rings. The van der Waals surface area contributed by atoms with Crippen LogP contribution in [0.5, 0.6) is 0 Å². The van der Waals surface area contributed by atoms with Crippen molar-refractivity contribution in [2.75, 3.05) is 0 Å². The lowest BCUT2D eigenvalue weighted by atomic mass is 10.2. The molecule has 0 aliphatic rings. The third kappa shape index (κ3) is 4.90. The van der Waals surface area contributed by atoms with E-state index in [1.54, 1.807) is 28.7 Å². The fourth-order valence-electron chi connectivity index (χ4n) is 2.08. The number of hydrogen-bond acceptors (Lipinski definition) is 5. The van der Waals surface area contributed by atoms with Gasteiger partial charge in [-0.1, -0.05) is 6.07 Å². The summed E-state index contributed by atoms with van der Waals surface area (Å²) < 4.78 is 0. The molecule has 0 saturated carbocycles. The Balaban J connectivity index is 1.67. The van der Waals surface area contributed by atoms with Crippen LogP contribution in [0, 0.1) is 11.3 Å². The molecule has 3 aromatic heterocycles. The summed E-state index contributed by atoms with van der Waals surface area (Å²) in [7, 11) is 0. The van der Waals surface area contributed by atoms with Gasteiger partial charge in [-0.3, -0.25) is 0 Å². The maximum Gasteiger partial charge on any atom is 0.346 e. The Hall–Kier alpha value is -2.72. The van der Waals surface area contributed by atoms with Gasteiger partial charge in [-0.05, 0) is 66.1 Å². The van der Waals surface area contributed by atoms with Crippen molar-refractivity contribution in [3.63, 3.8) is 0 Å². The SMILES string of the molecule is N#C/C(=C\c1ccc(/C=C/c2ccc(/C=C/c3cccs3)s2)s1)C(=O)O. The molecule has 0 aliphatic carbocycles. The van der Waals surface area contributed by atoms with Gasteiger partial charge in [0, 0.05) is 24.4 Å². The maximum absolute atomic E-state index is 10.9. The molecule has 0 saturated heterocycles. The Labute approximate surface area is 163 Å². The van der Waals surface area contributed by atoms with E-state index in [9.17, 15) is 4.79 Å². The van der Waals surface area contributed by atoms with Gasteiger partial charge in [-0.15, -0.1) is 34.0 Å². The summed E-state index contributed by atoms with van der Waals surface area (Å²) in [5, 5.41) is 19.8. The lowest BCUT2D eigenvalue weighted by Gasteiger charge is -1.88. The van der Waals surface area contributed by atoms with Crippen LogP contribution >= 0.6 is 34.0 Å². The van der Waals surface area contributed by atoms with Gasteiger partial charge in [-0.2, -0.15) is 5.26 Å². The van der Waals surface area contributed by atoms with E-state index in [1.165, 1.54) is 27.2 Å². The largest absolute Gasteiger partial charge is 0.477 e. The van der Waals surface area contributed by atoms with E-state index in [2.05, 4.69) is 35.7 Å². The molecule has 3 aromatic rings. The lowest BCUT2D eigenvalue weighted by Crippen LogP contribution is -1.96. The normalized spacial score (nSPS) is 12.0. The number of aliphatic carboxylic acids is 1. The van der Waals surface area contributed by atoms with Crippen LogP contribution in [0.25, 0.3) is 30.4 Å². The lowest BCUT2D eigenvalue weighted by molar-refractivity contribution is -0.132. The average molecular weight is 396 g/mol. The molecule has 0 bridgehead atoms. The molecule has 6 heteroatoms. The highest BCUT2D eigenvalue weighted by Crippen LogP contribution is 2.25. The molecular formula is C20H13NO2S3. The number of carboxylic acids is 1. The molecule has 1 N–H and O–H groups in total. The predicted octanol–water partition coefficient (Wildman–Crippen LogP) is 6.20. The zero-order valence-electron chi connectivity index (χ0n) is 13.5. The second-order valence-electron chi connectivity index (χ2n) is 5.14. The van der Waals surface area contributed by atoms with Crippen molar-refractivity contribution in [3.05, 3.63) is 71.7 Å². The first-order valence-electron chi connectivity index (χ1n) is 7.58. The van der Waals surface area contributed by atoms with Gasteiger partial charge in [0.25, 0.3) is 0 Å². The summed E-state index contributed by atoms with van der Waals surface area (Å²) in [4.78, 5) is 16.2. The summed E-state index contributed by atoms with van der Waals surface area (Å²) in [6, 6.07) is 13.7. The Bertz CT molecular complexity index is 1030. The number of thiophene rings is 3. The van der Waals surface area contributed by atoms with E-state index >= 15 is 0 Å². The highest BCUT2D eigenvalue weighted by atomic mass is 32.1. The highest BCUT2D eigenvalue weighted by Gasteiger charge is 2.06. The molecule has 0 atom stereocenters. The van der Waals surface area contributed by atoms with Crippen molar-refractivity contribution >= 4 is 70.4 Å². The summed E-state index contributed by atoms with van der Waals surface area (Å²) >= 11 is 4.85. The van der Waals surface area contributed by atoms with Gasteiger partial charge >= 0.3 is 5.97 Å². The maximum atomic E-state index is 10.9. The molecule has 0 amide bonds. The second-order valence-corrected chi connectivity index (χ2v) is 8.41. The quantitative estimate of drug-likeness (QED) is 0.399. The van der Waals surface area contributed by atoms with Gasteiger partial charge in [0.05, 0.1) is 0 Å². The number of nitrogens with zero attached hydrogens (tertiary/aromatic N) is 1. The van der Waals surface area contributed by atoms with E-state index in [0.29, 0.717) is 0 Å². The summed E-state index contributed by atoms with van der Waals surface area (Å²) in [6.07, 6.45) is 9.64. The van der Waals surface area contributed by atoms with Crippen molar-refractivity contribution < 1.29 is 9.90 Å². The average Bonchev–Trinajstić information content (AvgIpc) is 3.37. The summed E-state index contributed by atoms with van der Waals surface area (Å²) in [6.45, 7) is 0. The van der Waals surface area contributed by atoms with E-state index in [4.69, 9.17) is 10.4 Å². The molecule has 3 heterocycles. The molecule has 128 valence electrons. The number of carboxylic acid groups (broad SMARTS) is 1. The first-order chi connectivity index (χ1) is 12.6. The van der Waals surface area contributed by atoms with E-state index in [-0.39, 0.29) is 5.57 Å². The van der Waals surface area contributed by atoms with Crippen molar-refractivity contribution in [2.24, 2.45) is 0 Å². The van der Waals surface area contributed by atoms with Crippen LogP contribution < -0.4 is 0 Å². The van der Waals surface area contributed by atoms with Crippen LogP contribution in [0.15, 0.2) is 47.4 Å².